The third-order valence-electron chi connectivity index (χ3n) is 2.74. The van der Waals surface area contributed by atoms with E-state index >= 15 is 0 Å². The maximum Gasteiger partial charge on any atom is 0.296 e. The Hall–Kier alpha value is -1.39. The summed E-state index contributed by atoms with van der Waals surface area (Å²) >= 11 is 0. The summed E-state index contributed by atoms with van der Waals surface area (Å²) in [6.07, 6.45) is 3.61. The minimum atomic E-state index is -0.214. The molecule has 1 aliphatic rings. The zero-order valence-corrected chi connectivity index (χ0v) is 9.23. The van der Waals surface area contributed by atoms with Crippen LogP contribution in [0, 0.1) is 6.92 Å². The van der Waals surface area contributed by atoms with Crippen LogP contribution < -0.4 is 10.5 Å². The van der Waals surface area contributed by atoms with Crippen LogP contribution in [0.25, 0.3) is 0 Å². The van der Waals surface area contributed by atoms with E-state index < -0.39 is 0 Å². The van der Waals surface area contributed by atoms with Gasteiger partial charge in [0.25, 0.3) is 5.56 Å². The van der Waals surface area contributed by atoms with E-state index in [-0.39, 0.29) is 5.56 Å². The number of piperidine rings is 1. The molecule has 0 aliphatic carbocycles. The summed E-state index contributed by atoms with van der Waals surface area (Å²) in [6.45, 7) is 3.64. The molecule has 1 fully saturated rings. The Morgan fingerprint density at radius 3 is 2.53 bits per heavy atom. The third-order valence-corrected chi connectivity index (χ3v) is 2.74. The van der Waals surface area contributed by atoms with Crippen LogP contribution in [0.3, 0.4) is 0 Å². The summed E-state index contributed by atoms with van der Waals surface area (Å²) < 4.78 is 1.70. The first-order chi connectivity index (χ1) is 7.18. The van der Waals surface area contributed by atoms with Crippen LogP contribution in [-0.4, -0.2) is 27.9 Å². The maximum absolute atomic E-state index is 11.4. The van der Waals surface area contributed by atoms with Gasteiger partial charge in [-0.1, -0.05) is 0 Å². The number of nitrogens with zero attached hydrogens (tertiary/aromatic N) is 4. The minimum absolute atomic E-state index is 0.214. The third kappa shape index (κ3) is 2.00. The molecule has 15 heavy (non-hydrogen) atoms. The predicted octanol–water partition coefficient (Wildman–Crippen LogP) is 0.474. The monoisotopic (exact) mass is 208 g/mol. The molecule has 1 aromatic rings. The van der Waals surface area contributed by atoms with E-state index in [4.69, 9.17) is 0 Å². The fourth-order valence-electron chi connectivity index (χ4n) is 1.93. The molecular weight excluding hydrogens is 192 g/mol. The highest BCUT2D eigenvalue weighted by Gasteiger charge is 2.15. The molecule has 0 bridgehead atoms. The normalized spacial score (nSPS) is 16.8. The van der Waals surface area contributed by atoms with E-state index in [0.29, 0.717) is 11.6 Å². The van der Waals surface area contributed by atoms with Gasteiger partial charge in [0, 0.05) is 20.1 Å². The standard InChI is InChI=1S/C10H16N4O/c1-8-9(15)11-10(13(2)12-8)14-6-4-3-5-7-14/h3-7H2,1-2H3. The van der Waals surface area contributed by atoms with Crippen molar-refractivity contribution in [1.82, 2.24) is 14.8 Å². The van der Waals surface area contributed by atoms with Crippen molar-refractivity contribution in [2.75, 3.05) is 18.0 Å². The van der Waals surface area contributed by atoms with E-state index in [2.05, 4.69) is 15.0 Å². The summed E-state index contributed by atoms with van der Waals surface area (Å²) in [5.74, 6) is 0.699. The van der Waals surface area contributed by atoms with Crippen molar-refractivity contribution in [1.29, 1.82) is 0 Å². The van der Waals surface area contributed by atoms with Gasteiger partial charge in [-0.05, 0) is 26.2 Å². The fraction of sp³-hybridized carbons (Fsp3) is 0.700. The van der Waals surface area contributed by atoms with Gasteiger partial charge in [0.15, 0.2) is 0 Å². The molecule has 0 unspecified atom stereocenters. The zero-order valence-electron chi connectivity index (χ0n) is 9.23. The summed E-state index contributed by atoms with van der Waals surface area (Å²) in [4.78, 5) is 17.6. The van der Waals surface area contributed by atoms with E-state index in [9.17, 15) is 4.79 Å². The summed E-state index contributed by atoms with van der Waals surface area (Å²) in [5.41, 5.74) is 0.243. The Morgan fingerprint density at radius 1 is 1.20 bits per heavy atom. The fourth-order valence-corrected chi connectivity index (χ4v) is 1.93. The molecule has 1 aliphatic heterocycles. The molecule has 0 N–H and O–H groups in total. The van der Waals surface area contributed by atoms with E-state index in [1.807, 2.05) is 7.05 Å². The Kier molecular flexibility index (Phi) is 2.70. The van der Waals surface area contributed by atoms with Crippen LogP contribution in [0.15, 0.2) is 4.79 Å². The van der Waals surface area contributed by atoms with Gasteiger partial charge in [-0.25, -0.2) is 4.68 Å². The highest BCUT2D eigenvalue weighted by atomic mass is 16.1. The molecule has 0 radical (unpaired) electrons. The predicted molar refractivity (Wildman–Crippen MR) is 58.1 cm³/mol. The van der Waals surface area contributed by atoms with Gasteiger partial charge in [-0.15, -0.1) is 0 Å². The molecule has 0 spiro atoms. The van der Waals surface area contributed by atoms with Crippen molar-refractivity contribution in [3.05, 3.63) is 16.0 Å². The van der Waals surface area contributed by atoms with Crippen molar-refractivity contribution in [3.63, 3.8) is 0 Å². The first kappa shape index (κ1) is 10.1. The number of aromatic nitrogens is 3. The number of anilines is 1. The average Bonchev–Trinajstić information content (AvgIpc) is 2.25. The van der Waals surface area contributed by atoms with Gasteiger partial charge >= 0.3 is 0 Å². The van der Waals surface area contributed by atoms with Gasteiger partial charge in [0.1, 0.15) is 5.69 Å². The Balaban J connectivity index is 2.34. The lowest BCUT2D eigenvalue weighted by molar-refractivity contribution is 0.543. The topological polar surface area (TPSA) is 51.0 Å². The van der Waals surface area contributed by atoms with Gasteiger partial charge < -0.3 is 4.90 Å². The summed E-state index contributed by atoms with van der Waals surface area (Å²) in [5, 5.41) is 4.15. The van der Waals surface area contributed by atoms with Gasteiger partial charge in [0.05, 0.1) is 0 Å². The van der Waals surface area contributed by atoms with E-state index in [0.717, 1.165) is 13.1 Å². The SMILES string of the molecule is Cc1nn(C)c(N2CCCCC2)nc1=O. The molecule has 5 heteroatoms. The van der Waals surface area contributed by atoms with Gasteiger partial charge in [0.2, 0.25) is 5.95 Å². The Labute approximate surface area is 88.7 Å². The molecule has 82 valence electrons. The Bertz CT molecular complexity index is 406. The van der Waals surface area contributed by atoms with Crippen molar-refractivity contribution >= 4 is 5.95 Å². The van der Waals surface area contributed by atoms with Crippen molar-refractivity contribution < 1.29 is 0 Å². The van der Waals surface area contributed by atoms with Crippen LogP contribution in [-0.2, 0) is 7.05 Å². The minimum Gasteiger partial charge on any atom is -0.341 e. The second-order valence-corrected chi connectivity index (χ2v) is 3.97. The van der Waals surface area contributed by atoms with E-state index in [1.54, 1.807) is 11.6 Å². The van der Waals surface area contributed by atoms with Crippen molar-refractivity contribution in [2.45, 2.75) is 26.2 Å². The number of hydrogen-bond acceptors (Lipinski definition) is 4. The summed E-state index contributed by atoms with van der Waals surface area (Å²) in [6, 6.07) is 0. The van der Waals surface area contributed by atoms with Crippen LogP contribution in [0.1, 0.15) is 25.0 Å². The van der Waals surface area contributed by atoms with Gasteiger partial charge in [-0.3, -0.25) is 4.79 Å². The average molecular weight is 208 g/mol. The molecule has 0 aromatic carbocycles. The molecule has 2 rings (SSSR count). The second-order valence-electron chi connectivity index (χ2n) is 3.97. The molecule has 0 amide bonds. The second kappa shape index (κ2) is 4.00. The zero-order chi connectivity index (χ0) is 10.8. The Morgan fingerprint density at radius 2 is 1.87 bits per heavy atom. The largest absolute Gasteiger partial charge is 0.341 e. The smallest absolute Gasteiger partial charge is 0.296 e. The van der Waals surface area contributed by atoms with E-state index in [1.165, 1.54) is 19.3 Å². The maximum atomic E-state index is 11.4. The van der Waals surface area contributed by atoms with Crippen LogP contribution in [0.2, 0.25) is 0 Å². The first-order valence-electron chi connectivity index (χ1n) is 5.35. The molecule has 1 aromatic heterocycles. The molecule has 5 nitrogen and oxygen atoms in total. The van der Waals surface area contributed by atoms with Crippen LogP contribution >= 0.6 is 0 Å². The van der Waals surface area contributed by atoms with Crippen LogP contribution in [0.5, 0.6) is 0 Å². The molecular formula is C10H16N4O. The number of aryl methyl sites for hydroxylation is 2. The molecule has 0 atom stereocenters. The number of rotatable bonds is 1. The lowest BCUT2D eigenvalue weighted by Crippen LogP contribution is -2.35. The van der Waals surface area contributed by atoms with Gasteiger partial charge in [-0.2, -0.15) is 10.1 Å². The summed E-state index contributed by atoms with van der Waals surface area (Å²) in [7, 11) is 1.84. The lowest BCUT2D eigenvalue weighted by Gasteiger charge is -2.28. The first-order valence-corrected chi connectivity index (χ1v) is 5.35. The molecule has 1 saturated heterocycles. The number of hydrogen-bond donors (Lipinski definition) is 0. The van der Waals surface area contributed by atoms with Crippen molar-refractivity contribution in [2.24, 2.45) is 7.05 Å². The highest BCUT2D eigenvalue weighted by molar-refractivity contribution is 5.29. The molecule has 0 saturated carbocycles. The highest BCUT2D eigenvalue weighted by Crippen LogP contribution is 2.14. The van der Waals surface area contributed by atoms with Crippen molar-refractivity contribution in [3.8, 4) is 0 Å². The van der Waals surface area contributed by atoms with Crippen LogP contribution in [0.4, 0.5) is 5.95 Å². The molecule has 2 heterocycles. The quantitative estimate of drug-likeness (QED) is 0.673. The lowest BCUT2D eigenvalue weighted by atomic mass is 10.1.